The summed E-state index contributed by atoms with van der Waals surface area (Å²) in [6.45, 7) is 1.08. The Morgan fingerprint density at radius 1 is 1.25 bits per heavy atom. The van der Waals surface area contributed by atoms with E-state index in [1.807, 2.05) is 6.07 Å². The molecule has 0 spiro atoms. The van der Waals surface area contributed by atoms with E-state index in [0.717, 1.165) is 6.42 Å². The summed E-state index contributed by atoms with van der Waals surface area (Å²) >= 11 is 0. The van der Waals surface area contributed by atoms with Gasteiger partial charge in [-0.15, -0.1) is 0 Å². The summed E-state index contributed by atoms with van der Waals surface area (Å²) in [6, 6.07) is 10.5. The second kappa shape index (κ2) is 7.54. The number of amides is 2. The van der Waals surface area contributed by atoms with Gasteiger partial charge in [0.15, 0.2) is 0 Å². The summed E-state index contributed by atoms with van der Waals surface area (Å²) in [7, 11) is 0. The lowest BCUT2D eigenvalue weighted by Gasteiger charge is -2.17. The third-order valence-corrected chi connectivity index (χ3v) is 3.78. The molecule has 0 saturated carbocycles. The summed E-state index contributed by atoms with van der Waals surface area (Å²) in [5.74, 6) is 0.131. The molecule has 3 rings (SSSR count). The monoisotopic (exact) mass is 326 g/mol. The molecule has 2 amide bonds. The van der Waals surface area contributed by atoms with Gasteiger partial charge in [0.25, 0.3) is 5.91 Å². The van der Waals surface area contributed by atoms with Crippen LogP contribution < -0.4 is 10.1 Å². The van der Waals surface area contributed by atoms with Crippen LogP contribution in [0, 0.1) is 0 Å². The highest BCUT2D eigenvalue weighted by Crippen LogP contribution is 2.15. The Morgan fingerprint density at radius 2 is 2.08 bits per heavy atom. The lowest BCUT2D eigenvalue weighted by atomic mass is 10.2. The van der Waals surface area contributed by atoms with Crippen molar-refractivity contribution in [3.05, 3.63) is 54.5 Å². The molecule has 1 atom stereocenters. The first-order valence-electron chi connectivity index (χ1n) is 7.76. The van der Waals surface area contributed by atoms with Crippen LogP contribution in [0.2, 0.25) is 0 Å². The molecule has 0 aliphatic carbocycles. The average Bonchev–Trinajstić information content (AvgIpc) is 3.09. The molecule has 7 nitrogen and oxygen atoms in total. The van der Waals surface area contributed by atoms with Crippen molar-refractivity contribution in [3.63, 3.8) is 0 Å². The number of nitrogens with one attached hydrogen (secondary N) is 1. The van der Waals surface area contributed by atoms with Crippen molar-refractivity contribution in [1.29, 1.82) is 0 Å². The second-order valence-corrected chi connectivity index (χ2v) is 5.46. The summed E-state index contributed by atoms with van der Waals surface area (Å²) < 4.78 is 5.72. The van der Waals surface area contributed by atoms with Crippen molar-refractivity contribution in [2.24, 2.45) is 0 Å². The van der Waals surface area contributed by atoms with E-state index in [0.29, 0.717) is 24.5 Å². The highest BCUT2D eigenvalue weighted by Gasteiger charge is 2.27. The number of ether oxygens (including phenoxy) is 1. The zero-order valence-electron chi connectivity index (χ0n) is 13.1. The Labute approximate surface area is 139 Å². The molecule has 1 N–H and O–H groups in total. The third kappa shape index (κ3) is 4.07. The molecule has 1 saturated heterocycles. The first-order chi connectivity index (χ1) is 11.7. The number of hydrogen-bond donors (Lipinski definition) is 1. The molecule has 7 heteroatoms. The summed E-state index contributed by atoms with van der Waals surface area (Å²) in [4.78, 5) is 33.7. The Kier molecular flexibility index (Phi) is 5.00. The minimum atomic E-state index is -0.253. The minimum absolute atomic E-state index is 0.0199. The summed E-state index contributed by atoms with van der Waals surface area (Å²) in [5, 5.41) is 2.65. The minimum Gasteiger partial charge on any atom is -0.472 e. The van der Waals surface area contributed by atoms with Crippen molar-refractivity contribution in [2.75, 3.05) is 19.6 Å². The van der Waals surface area contributed by atoms with Crippen LogP contribution in [0.15, 0.2) is 48.9 Å². The smallest absolute Gasteiger partial charge is 0.251 e. The predicted octanol–water partition coefficient (Wildman–Crippen LogP) is 0.886. The van der Waals surface area contributed by atoms with Gasteiger partial charge >= 0.3 is 0 Å². The number of carbonyl (C=O) groups is 2. The van der Waals surface area contributed by atoms with E-state index in [4.69, 9.17) is 4.74 Å². The van der Waals surface area contributed by atoms with Crippen LogP contribution in [-0.4, -0.2) is 52.4 Å². The fourth-order valence-electron chi connectivity index (χ4n) is 2.53. The van der Waals surface area contributed by atoms with Crippen LogP contribution in [-0.2, 0) is 4.79 Å². The van der Waals surface area contributed by atoms with Crippen LogP contribution in [0.5, 0.6) is 5.88 Å². The first-order valence-corrected chi connectivity index (χ1v) is 7.76. The van der Waals surface area contributed by atoms with E-state index in [9.17, 15) is 9.59 Å². The lowest BCUT2D eigenvalue weighted by Crippen LogP contribution is -2.39. The van der Waals surface area contributed by atoms with Crippen LogP contribution in [0.4, 0.5) is 0 Å². The van der Waals surface area contributed by atoms with Gasteiger partial charge < -0.3 is 15.0 Å². The molecule has 2 aromatic rings. The third-order valence-electron chi connectivity index (χ3n) is 3.78. The molecule has 24 heavy (non-hydrogen) atoms. The molecular formula is C17H18N4O3. The number of likely N-dealkylation sites (tertiary alicyclic amines) is 1. The van der Waals surface area contributed by atoms with E-state index >= 15 is 0 Å². The standard InChI is InChI=1S/C17H18N4O3/c22-16(10-19-17(23)13-4-2-1-3-5-13)21-9-7-14(11-21)24-15-6-8-18-12-20-15/h1-6,8,12,14H,7,9-11H2,(H,19,23). The van der Waals surface area contributed by atoms with E-state index in [-0.39, 0.29) is 24.5 Å². The van der Waals surface area contributed by atoms with Crippen molar-refractivity contribution in [3.8, 4) is 5.88 Å². The first kappa shape index (κ1) is 15.9. The lowest BCUT2D eigenvalue weighted by molar-refractivity contribution is -0.129. The molecular weight excluding hydrogens is 308 g/mol. The second-order valence-electron chi connectivity index (χ2n) is 5.46. The average molecular weight is 326 g/mol. The molecule has 1 aromatic carbocycles. The molecule has 0 bridgehead atoms. The van der Waals surface area contributed by atoms with Crippen molar-refractivity contribution in [1.82, 2.24) is 20.2 Å². The Bertz CT molecular complexity index is 693. The number of aromatic nitrogens is 2. The fourth-order valence-corrected chi connectivity index (χ4v) is 2.53. The van der Waals surface area contributed by atoms with Gasteiger partial charge in [0.2, 0.25) is 11.8 Å². The van der Waals surface area contributed by atoms with Gasteiger partial charge in [-0.1, -0.05) is 18.2 Å². The van der Waals surface area contributed by atoms with Crippen molar-refractivity contribution < 1.29 is 14.3 Å². The van der Waals surface area contributed by atoms with Crippen LogP contribution in [0.1, 0.15) is 16.8 Å². The molecule has 1 aliphatic heterocycles. The molecule has 1 unspecified atom stereocenters. The van der Waals surface area contributed by atoms with E-state index < -0.39 is 0 Å². The maximum absolute atomic E-state index is 12.2. The maximum atomic E-state index is 12.2. The van der Waals surface area contributed by atoms with Crippen LogP contribution >= 0.6 is 0 Å². The highest BCUT2D eigenvalue weighted by molar-refractivity contribution is 5.96. The van der Waals surface area contributed by atoms with Crippen molar-refractivity contribution in [2.45, 2.75) is 12.5 Å². The Morgan fingerprint density at radius 3 is 2.83 bits per heavy atom. The zero-order valence-corrected chi connectivity index (χ0v) is 13.1. The predicted molar refractivity (Wildman–Crippen MR) is 86.4 cm³/mol. The van der Waals surface area contributed by atoms with E-state index in [1.54, 1.807) is 41.4 Å². The van der Waals surface area contributed by atoms with Gasteiger partial charge in [0.1, 0.15) is 12.4 Å². The SMILES string of the molecule is O=C(NCC(=O)N1CCC(Oc2ccncn2)C1)c1ccccc1. The zero-order chi connectivity index (χ0) is 16.8. The van der Waals surface area contributed by atoms with Gasteiger partial charge in [-0.25, -0.2) is 9.97 Å². The summed E-state index contributed by atoms with van der Waals surface area (Å²) in [6.07, 6.45) is 3.68. The quantitative estimate of drug-likeness (QED) is 0.882. The molecule has 1 fully saturated rings. The fraction of sp³-hybridized carbons (Fsp3) is 0.294. The maximum Gasteiger partial charge on any atom is 0.251 e. The van der Waals surface area contributed by atoms with E-state index in [2.05, 4.69) is 15.3 Å². The Hall–Kier alpha value is -2.96. The summed E-state index contributed by atoms with van der Waals surface area (Å²) in [5.41, 5.74) is 0.539. The molecule has 1 aliphatic rings. The number of carbonyl (C=O) groups excluding carboxylic acids is 2. The van der Waals surface area contributed by atoms with Gasteiger partial charge in [-0.05, 0) is 12.1 Å². The molecule has 124 valence electrons. The van der Waals surface area contributed by atoms with Crippen LogP contribution in [0.3, 0.4) is 0 Å². The number of rotatable bonds is 5. The normalized spacial score (nSPS) is 16.7. The number of benzene rings is 1. The van der Waals surface area contributed by atoms with E-state index in [1.165, 1.54) is 6.33 Å². The largest absolute Gasteiger partial charge is 0.472 e. The highest BCUT2D eigenvalue weighted by atomic mass is 16.5. The number of nitrogens with zero attached hydrogens (tertiary/aromatic N) is 3. The van der Waals surface area contributed by atoms with Gasteiger partial charge in [0.05, 0.1) is 13.1 Å². The molecule has 0 radical (unpaired) electrons. The van der Waals surface area contributed by atoms with Crippen molar-refractivity contribution >= 4 is 11.8 Å². The van der Waals surface area contributed by atoms with Gasteiger partial charge in [0, 0.05) is 30.8 Å². The topological polar surface area (TPSA) is 84.4 Å². The molecule has 2 heterocycles. The number of hydrogen-bond acceptors (Lipinski definition) is 5. The molecule has 1 aromatic heterocycles. The van der Waals surface area contributed by atoms with Gasteiger partial charge in [-0.2, -0.15) is 0 Å². The van der Waals surface area contributed by atoms with Gasteiger partial charge in [-0.3, -0.25) is 9.59 Å². The van der Waals surface area contributed by atoms with Crippen LogP contribution in [0.25, 0.3) is 0 Å². The Balaban J connectivity index is 1.45.